The minimum absolute atomic E-state index is 0.0123. The van der Waals surface area contributed by atoms with Gasteiger partial charge in [-0.25, -0.2) is 13.8 Å². The number of nitrogens with zero attached hydrogens (tertiary/aromatic N) is 3. The van der Waals surface area contributed by atoms with Gasteiger partial charge in [-0.15, -0.1) is 0 Å². The van der Waals surface area contributed by atoms with Gasteiger partial charge in [-0.3, -0.25) is 4.79 Å². The molecule has 1 amide bonds. The topological polar surface area (TPSA) is 69.1 Å². The van der Waals surface area contributed by atoms with Crippen molar-refractivity contribution in [2.75, 3.05) is 14.1 Å². The Morgan fingerprint density at radius 1 is 1.22 bits per heavy atom. The Morgan fingerprint density at radius 3 is 2.66 bits per heavy atom. The number of hydrogen-bond acceptors (Lipinski definition) is 3. The second kappa shape index (κ2) is 8.84. The van der Waals surface area contributed by atoms with Crippen molar-refractivity contribution in [1.29, 1.82) is 0 Å². The predicted octanol–water partition coefficient (Wildman–Crippen LogP) is 3.78. The molecule has 0 aromatic heterocycles. The van der Waals surface area contributed by atoms with E-state index in [1.165, 1.54) is 6.07 Å². The highest BCUT2D eigenvalue weighted by molar-refractivity contribution is 6.04. The van der Waals surface area contributed by atoms with Crippen LogP contribution in [0.2, 0.25) is 0 Å². The molecule has 8 heteroatoms. The summed E-state index contributed by atoms with van der Waals surface area (Å²) in [6.07, 6.45) is 10.4. The fourth-order valence-corrected chi connectivity index (χ4v) is 4.61. The summed E-state index contributed by atoms with van der Waals surface area (Å²) in [5.74, 6) is -0.753. The van der Waals surface area contributed by atoms with E-state index in [0.717, 1.165) is 55.8 Å². The van der Waals surface area contributed by atoms with Crippen molar-refractivity contribution in [3.8, 4) is 0 Å². The number of guanidine groups is 1. The average Bonchev–Trinajstić information content (AvgIpc) is 2.76. The Hall–Kier alpha value is -3.03. The maximum absolute atomic E-state index is 13.4. The molecule has 0 spiro atoms. The smallest absolute Gasteiger partial charge is 0.251 e. The van der Waals surface area contributed by atoms with Crippen LogP contribution in [0.1, 0.15) is 49.4 Å². The third-order valence-corrected chi connectivity index (χ3v) is 6.41. The lowest BCUT2D eigenvalue weighted by Gasteiger charge is -2.41. The number of rotatable bonds is 3. The summed E-state index contributed by atoms with van der Waals surface area (Å²) in [5.41, 5.74) is 1.05. The monoisotopic (exact) mass is 441 g/mol. The minimum Gasteiger partial charge on any atom is -0.365 e. The molecule has 1 aliphatic heterocycles. The quantitative estimate of drug-likeness (QED) is 0.750. The molecule has 0 bridgehead atoms. The van der Waals surface area contributed by atoms with Crippen LogP contribution in [0.25, 0.3) is 0 Å². The predicted molar refractivity (Wildman–Crippen MR) is 122 cm³/mol. The van der Waals surface area contributed by atoms with E-state index in [1.54, 1.807) is 0 Å². The van der Waals surface area contributed by atoms with Crippen molar-refractivity contribution >= 4 is 17.7 Å². The second-order valence-electron chi connectivity index (χ2n) is 9.06. The van der Waals surface area contributed by atoms with Crippen LogP contribution in [-0.2, 0) is 0 Å². The Labute approximate surface area is 187 Å². The van der Waals surface area contributed by atoms with Gasteiger partial charge in [0.25, 0.3) is 5.91 Å². The maximum atomic E-state index is 13.4. The highest BCUT2D eigenvalue weighted by Crippen LogP contribution is 2.37. The summed E-state index contributed by atoms with van der Waals surface area (Å²) in [6.45, 7) is 2.19. The van der Waals surface area contributed by atoms with E-state index in [-0.39, 0.29) is 29.0 Å². The molecule has 1 heterocycles. The van der Waals surface area contributed by atoms with Crippen LogP contribution in [0.4, 0.5) is 8.78 Å². The van der Waals surface area contributed by atoms with Crippen LogP contribution >= 0.6 is 0 Å². The average molecular weight is 442 g/mol. The van der Waals surface area contributed by atoms with Gasteiger partial charge in [-0.1, -0.05) is 12.2 Å². The normalized spacial score (nSPS) is 28.3. The van der Waals surface area contributed by atoms with Crippen molar-refractivity contribution < 1.29 is 13.6 Å². The third kappa shape index (κ3) is 4.45. The lowest BCUT2D eigenvalue weighted by molar-refractivity contribution is 0.0925. The maximum Gasteiger partial charge on any atom is 0.251 e. The van der Waals surface area contributed by atoms with Crippen LogP contribution in [0.3, 0.4) is 0 Å². The number of carbonyl (C=O) groups excluding carboxylic acids is 1. The van der Waals surface area contributed by atoms with E-state index < -0.39 is 11.6 Å². The Morgan fingerprint density at radius 2 is 1.97 bits per heavy atom. The summed E-state index contributed by atoms with van der Waals surface area (Å²) in [7, 11) is 4.01. The number of amides is 1. The SMILES string of the molecule is CN(C)C1=NC(=NC2CCC(NC(=O)c3ccc(F)c(F)c3)CC2)NC2=CC=CCC21C. The number of benzene rings is 1. The number of aliphatic imine (C=N–C) groups is 2. The molecule has 1 fully saturated rings. The van der Waals surface area contributed by atoms with Gasteiger partial charge >= 0.3 is 0 Å². The van der Waals surface area contributed by atoms with Crippen LogP contribution in [-0.4, -0.2) is 48.8 Å². The molecule has 170 valence electrons. The number of halogens is 2. The van der Waals surface area contributed by atoms with E-state index in [2.05, 4.69) is 35.8 Å². The van der Waals surface area contributed by atoms with Gasteiger partial charge in [0.15, 0.2) is 11.6 Å². The molecule has 1 aromatic rings. The summed E-state index contributed by atoms with van der Waals surface area (Å²) < 4.78 is 26.5. The fraction of sp³-hybridized carbons (Fsp3) is 0.458. The van der Waals surface area contributed by atoms with Crippen molar-refractivity contribution in [2.24, 2.45) is 15.4 Å². The summed E-state index contributed by atoms with van der Waals surface area (Å²) in [6, 6.07) is 3.30. The molecule has 1 saturated carbocycles. The Bertz CT molecular complexity index is 1020. The van der Waals surface area contributed by atoms with E-state index in [0.29, 0.717) is 5.96 Å². The van der Waals surface area contributed by atoms with Gasteiger partial charge in [-0.2, -0.15) is 4.99 Å². The van der Waals surface area contributed by atoms with E-state index in [4.69, 9.17) is 9.98 Å². The van der Waals surface area contributed by atoms with E-state index >= 15 is 0 Å². The molecule has 0 saturated heterocycles. The van der Waals surface area contributed by atoms with Gasteiger partial charge in [0, 0.05) is 31.4 Å². The van der Waals surface area contributed by atoms with Gasteiger partial charge in [0.2, 0.25) is 5.96 Å². The van der Waals surface area contributed by atoms with E-state index in [1.807, 2.05) is 19.0 Å². The first-order valence-electron chi connectivity index (χ1n) is 11.0. The van der Waals surface area contributed by atoms with Gasteiger partial charge in [0.1, 0.15) is 5.84 Å². The highest BCUT2D eigenvalue weighted by Gasteiger charge is 2.40. The molecule has 32 heavy (non-hydrogen) atoms. The Balaban J connectivity index is 1.39. The van der Waals surface area contributed by atoms with Gasteiger partial charge in [0.05, 0.1) is 11.5 Å². The van der Waals surface area contributed by atoms with Crippen LogP contribution in [0.15, 0.2) is 52.1 Å². The van der Waals surface area contributed by atoms with Crippen molar-refractivity contribution in [3.05, 3.63) is 59.3 Å². The highest BCUT2D eigenvalue weighted by atomic mass is 19.2. The van der Waals surface area contributed by atoms with Crippen molar-refractivity contribution in [3.63, 3.8) is 0 Å². The molecule has 0 radical (unpaired) electrons. The lowest BCUT2D eigenvalue weighted by Crippen LogP contribution is -2.50. The third-order valence-electron chi connectivity index (χ3n) is 6.41. The van der Waals surface area contributed by atoms with Crippen LogP contribution < -0.4 is 10.6 Å². The summed E-state index contributed by atoms with van der Waals surface area (Å²) in [4.78, 5) is 24.1. The molecule has 1 atom stereocenters. The molecule has 4 rings (SSSR count). The lowest BCUT2D eigenvalue weighted by atomic mass is 9.77. The van der Waals surface area contributed by atoms with Crippen molar-refractivity contribution in [2.45, 2.75) is 51.1 Å². The number of carbonyl (C=O) groups is 1. The Kier molecular flexibility index (Phi) is 6.13. The van der Waals surface area contributed by atoms with Gasteiger partial charge in [-0.05, 0) is 63.3 Å². The zero-order valence-electron chi connectivity index (χ0n) is 18.7. The molecule has 2 aliphatic carbocycles. The minimum atomic E-state index is -1.02. The first kappa shape index (κ1) is 22.2. The molecule has 2 N–H and O–H groups in total. The number of nitrogens with one attached hydrogen (secondary N) is 2. The molecular formula is C24H29F2N5O. The molecule has 1 unspecified atom stereocenters. The number of fused-ring (bicyclic) bond motifs is 1. The molecule has 6 nitrogen and oxygen atoms in total. The second-order valence-corrected chi connectivity index (χ2v) is 9.06. The van der Waals surface area contributed by atoms with E-state index in [9.17, 15) is 13.6 Å². The molecule has 1 aromatic carbocycles. The zero-order chi connectivity index (χ0) is 22.9. The number of allylic oxidation sites excluding steroid dienone is 3. The summed E-state index contributed by atoms with van der Waals surface area (Å²) in [5, 5.41) is 6.34. The number of hydrogen-bond donors (Lipinski definition) is 2. The largest absolute Gasteiger partial charge is 0.365 e. The van der Waals surface area contributed by atoms with Crippen LogP contribution in [0.5, 0.6) is 0 Å². The zero-order valence-corrected chi connectivity index (χ0v) is 18.7. The first-order chi connectivity index (χ1) is 15.3. The van der Waals surface area contributed by atoms with Crippen molar-refractivity contribution in [1.82, 2.24) is 15.5 Å². The van der Waals surface area contributed by atoms with Crippen LogP contribution in [0, 0.1) is 17.0 Å². The molecule has 3 aliphatic rings. The fourth-order valence-electron chi connectivity index (χ4n) is 4.61. The van der Waals surface area contributed by atoms with Gasteiger partial charge < -0.3 is 15.5 Å². The first-order valence-corrected chi connectivity index (χ1v) is 11.0. The standard InChI is InChI=1S/C24H29F2N5O/c1-24-13-5-4-6-20(24)29-23(30-22(24)31(2)3)28-17-10-8-16(9-11-17)27-21(32)15-7-12-18(25)19(26)14-15/h4-7,12,14,16-17H,8-11,13H2,1-3H3,(H,27,32)(H,28,29). The summed E-state index contributed by atoms with van der Waals surface area (Å²) >= 11 is 0. The number of amidine groups is 1. The molecular weight excluding hydrogens is 412 g/mol.